The predicted molar refractivity (Wildman–Crippen MR) is 93.1 cm³/mol. The van der Waals surface area contributed by atoms with E-state index in [1.165, 1.54) is 50.0 Å². The molecule has 1 aromatic carbocycles. The molecule has 0 spiro atoms. The third-order valence-electron chi connectivity index (χ3n) is 4.61. The van der Waals surface area contributed by atoms with E-state index >= 15 is 0 Å². The van der Waals surface area contributed by atoms with Gasteiger partial charge in [-0.3, -0.25) is 0 Å². The molecule has 0 bridgehead atoms. The van der Waals surface area contributed by atoms with Gasteiger partial charge in [-0.25, -0.2) is 0 Å². The number of fused-ring (bicyclic) bond motifs is 1. The fourth-order valence-corrected chi connectivity index (χ4v) is 3.39. The van der Waals surface area contributed by atoms with Crippen LogP contribution in [0, 0.1) is 5.92 Å². The summed E-state index contributed by atoms with van der Waals surface area (Å²) in [5, 5.41) is 3.59. The summed E-state index contributed by atoms with van der Waals surface area (Å²) < 4.78 is 0. The lowest BCUT2D eigenvalue weighted by Crippen LogP contribution is -2.26. The van der Waals surface area contributed by atoms with Crippen LogP contribution in [0.5, 0.6) is 0 Å². The number of nitrogens with one attached hydrogen (secondary N) is 1. The maximum absolute atomic E-state index is 3.59. The SMILES string of the molecule is CCCNC(C)c1ccc2c(c1)CCN2CC(C)CCC. The van der Waals surface area contributed by atoms with Crippen LogP contribution in [0.2, 0.25) is 0 Å². The fraction of sp³-hybridized carbons (Fsp3) is 0.684. The Morgan fingerprint density at radius 1 is 1.19 bits per heavy atom. The first-order chi connectivity index (χ1) is 10.2. The van der Waals surface area contributed by atoms with Crippen LogP contribution in [0.3, 0.4) is 0 Å². The van der Waals surface area contributed by atoms with Gasteiger partial charge in [0, 0.05) is 24.8 Å². The molecule has 2 unspecified atom stereocenters. The van der Waals surface area contributed by atoms with Crippen molar-refractivity contribution in [1.29, 1.82) is 0 Å². The molecule has 0 saturated heterocycles. The molecule has 2 atom stereocenters. The topological polar surface area (TPSA) is 15.3 Å². The molecule has 1 aromatic rings. The van der Waals surface area contributed by atoms with Crippen LogP contribution >= 0.6 is 0 Å². The van der Waals surface area contributed by atoms with E-state index in [1.54, 1.807) is 5.56 Å². The summed E-state index contributed by atoms with van der Waals surface area (Å²) >= 11 is 0. The molecule has 2 nitrogen and oxygen atoms in total. The Morgan fingerprint density at radius 3 is 2.71 bits per heavy atom. The molecule has 0 amide bonds. The van der Waals surface area contributed by atoms with Crippen LogP contribution in [0.1, 0.15) is 64.1 Å². The molecule has 21 heavy (non-hydrogen) atoms. The molecule has 0 saturated carbocycles. The summed E-state index contributed by atoms with van der Waals surface area (Å²) in [5.41, 5.74) is 4.45. The smallest absolute Gasteiger partial charge is 0.0399 e. The molecule has 0 radical (unpaired) electrons. The van der Waals surface area contributed by atoms with Crippen LogP contribution in [-0.4, -0.2) is 19.6 Å². The molecular weight excluding hydrogens is 256 g/mol. The zero-order valence-electron chi connectivity index (χ0n) is 14.3. The first kappa shape index (κ1) is 16.4. The molecule has 2 rings (SSSR count). The van der Waals surface area contributed by atoms with Gasteiger partial charge in [0.1, 0.15) is 0 Å². The highest BCUT2D eigenvalue weighted by atomic mass is 15.1. The average Bonchev–Trinajstić information content (AvgIpc) is 2.87. The molecule has 1 aliphatic heterocycles. The highest BCUT2D eigenvalue weighted by Crippen LogP contribution is 2.31. The first-order valence-corrected chi connectivity index (χ1v) is 8.76. The molecule has 2 heteroatoms. The molecule has 0 aliphatic carbocycles. The van der Waals surface area contributed by atoms with Gasteiger partial charge < -0.3 is 10.2 Å². The second kappa shape index (κ2) is 7.84. The molecule has 1 heterocycles. The summed E-state index contributed by atoms with van der Waals surface area (Å²) in [7, 11) is 0. The Kier molecular flexibility index (Phi) is 6.10. The van der Waals surface area contributed by atoms with E-state index in [2.05, 4.69) is 56.1 Å². The number of benzene rings is 1. The van der Waals surface area contributed by atoms with Gasteiger partial charge in [-0.2, -0.15) is 0 Å². The fourth-order valence-electron chi connectivity index (χ4n) is 3.39. The van der Waals surface area contributed by atoms with Crippen LogP contribution in [0.4, 0.5) is 5.69 Å². The number of anilines is 1. The monoisotopic (exact) mass is 288 g/mol. The van der Waals surface area contributed by atoms with E-state index < -0.39 is 0 Å². The molecule has 118 valence electrons. The Morgan fingerprint density at radius 2 is 2.00 bits per heavy atom. The Hall–Kier alpha value is -1.02. The number of rotatable bonds is 8. The normalized spacial score (nSPS) is 16.9. The molecule has 0 fully saturated rings. The second-order valence-electron chi connectivity index (χ2n) is 6.65. The van der Waals surface area contributed by atoms with Crippen molar-refractivity contribution in [3.8, 4) is 0 Å². The van der Waals surface area contributed by atoms with Gasteiger partial charge >= 0.3 is 0 Å². The molecular formula is C19H32N2. The standard InChI is InChI=1S/C19H32N2/c1-5-7-15(3)14-21-12-10-18-13-17(8-9-19(18)21)16(4)20-11-6-2/h8-9,13,15-16,20H,5-7,10-12,14H2,1-4H3. The van der Waals surface area contributed by atoms with E-state index in [0.717, 1.165) is 12.5 Å². The lowest BCUT2D eigenvalue weighted by Gasteiger charge is -2.24. The van der Waals surface area contributed by atoms with Crippen LogP contribution < -0.4 is 10.2 Å². The van der Waals surface area contributed by atoms with Gasteiger partial charge in [0.2, 0.25) is 0 Å². The summed E-state index contributed by atoms with van der Waals surface area (Å²) in [6.45, 7) is 12.7. The average molecular weight is 288 g/mol. The van der Waals surface area contributed by atoms with E-state index in [1.807, 2.05) is 0 Å². The number of nitrogens with zero attached hydrogens (tertiary/aromatic N) is 1. The minimum Gasteiger partial charge on any atom is -0.371 e. The third kappa shape index (κ3) is 4.23. The summed E-state index contributed by atoms with van der Waals surface area (Å²) in [4.78, 5) is 2.59. The summed E-state index contributed by atoms with van der Waals surface area (Å²) in [5.74, 6) is 0.797. The summed E-state index contributed by atoms with van der Waals surface area (Å²) in [6.07, 6.45) is 5.03. The minimum absolute atomic E-state index is 0.461. The second-order valence-corrected chi connectivity index (χ2v) is 6.65. The van der Waals surface area contributed by atoms with Crippen LogP contribution in [0.15, 0.2) is 18.2 Å². The van der Waals surface area contributed by atoms with Gasteiger partial charge in [0.25, 0.3) is 0 Å². The van der Waals surface area contributed by atoms with E-state index in [9.17, 15) is 0 Å². The highest BCUT2D eigenvalue weighted by Gasteiger charge is 2.21. The number of hydrogen-bond donors (Lipinski definition) is 1. The quantitative estimate of drug-likeness (QED) is 0.755. The van der Waals surface area contributed by atoms with Crippen molar-refractivity contribution in [2.75, 3.05) is 24.5 Å². The summed E-state index contributed by atoms with van der Waals surface area (Å²) in [6, 6.07) is 7.55. The Bertz CT molecular complexity index is 441. The molecule has 0 aromatic heterocycles. The largest absolute Gasteiger partial charge is 0.371 e. The molecule has 1 N–H and O–H groups in total. The van der Waals surface area contributed by atoms with Crippen molar-refractivity contribution in [3.05, 3.63) is 29.3 Å². The zero-order valence-corrected chi connectivity index (χ0v) is 14.3. The van der Waals surface area contributed by atoms with E-state index in [0.29, 0.717) is 6.04 Å². The van der Waals surface area contributed by atoms with E-state index in [4.69, 9.17) is 0 Å². The van der Waals surface area contributed by atoms with E-state index in [-0.39, 0.29) is 0 Å². The van der Waals surface area contributed by atoms with Crippen molar-refractivity contribution < 1.29 is 0 Å². The van der Waals surface area contributed by atoms with Crippen molar-refractivity contribution >= 4 is 5.69 Å². The van der Waals surface area contributed by atoms with Crippen molar-refractivity contribution in [1.82, 2.24) is 5.32 Å². The van der Waals surface area contributed by atoms with Crippen molar-refractivity contribution in [2.45, 2.75) is 59.4 Å². The van der Waals surface area contributed by atoms with Gasteiger partial charge in [-0.05, 0) is 55.8 Å². The maximum Gasteiger partial charge on any atom is 0.0399 e. The highest BCUT2D eigenvalue weighted by molar-refractivity contribution is 5.59. The van der Waals surface area contributed by atoms with Gasteiger partial charge in [0.05, 0.1) is 0 Å². The van der Waals surface area contributed by atoms with Crippen molar-refractivity contribution in [3.63, 3.8) is 0 Å². The Balaban J connectivity index is 2.02. The van der Waals surface area contributed by atoms with Crippen LogP contribution in [-0.2, 0) is 6.42 Å². The van der Waals surface area contributed by atoms with Crippen LogP contribution in [0.25, 0.3) is 0 Å². The van der Waals surface area contributed by atoms with Gasteiger partial charge in [-0.1, -0.05) is 39.3 Å². The number of hydrogen-bond acceptors (Lipinski definition) is 2. The minimum atomic E-state index is 0.461. The Labute approximate surface area is 130 Å². The van der Waals surface area contributed by atoms with Crippen molar-refractivity contribution in [2.24, 2.45) is 5.92 Å². The predicted octanol–water partition coefficient (Wildman–Crippen LogP) is 4.55. The lowest BCUT2D eigenvalue weighted by atomic mass is 10.0. The first-order valence-electron chi connectivity index (χ1n) is 8.76. The zero-order chi connectivity index (χ0) is 15.2. The van der Waals surface area contributed by atoms with Gasteiger partial charge in [-0.15, -0.1) is 0 Å². The lowest BCUT2D eigenvalue weighted by molar-refractivity contribution is 0.517. The maximum atomic E-state index is 3.59. The van der Waals surface area contributed by atoms with Gasteiger partial charge in [0.15, 0.2) is 0 Å². The third-order valence-corrected chi connectivity index (χ3v) is 4.61. The molecule has 1 aliphatic rings.